The third-order valence-corrected chi connectivity index (χ3v) is 3.99. The van der Waals surface area contributed by atoms with Crippen LogP contribution < -0.4 is 10.6 Å². The number of aryl methyl sites for hydroxylation is 1. The number of carbonyl (C=O) groups is 1. The van der Waals surface area contributed by atoms with Gasteiger partial charge in [0.2, 0.25) is 0 Å². The van der Waals surface area contributed by atoms with Crippen LogP contribution in [0.2, 0.25) is 0 Å². The molecule has 1 aliphatic heterocycles. The number of hydrogen-bond donors (Lipinski definition) is 2. The maximum atomic E-state index is 12.8. The van der Waals surface area contributed by atoms with Crippen molar-refractivity contribution < 1.29 is 9.90 Å². The van der Waals surface area contributed by atoms with Crippen LogP contribution in [0.25, 0.3) is 0 Å². The molecule has 108 valence electrons. The molecule has 0 radical (unpaired) electrons. The van der Waals surface area contributed by atoms with Gasteiger partial charge >= 0.3 is 0 Å². The van der Waals surface area contributed by atoms with Gasteiger partial charge in [-0.2, -0.15) is 0 Å². The fraction of sp³-hybridized carbons (Fsp3) is 0.235. The van der Waals surface area contributed by atoms with E-state index in [0.717, 1.165) is 23.2 Å². The van der Waals surface area contributed by atoms with Crippen LogP contribution >= 0.6 is 0 Å². The second-order valence-corrected chi connectivity index (χ2v) is 5.62. The molecule has 4 nitrogen and oxygen atoms in total. The molecule has 0 saturated heterocycles. The minimum absolute atomic E-state index is 0.0812. The minimum atomic E-state index is -0.0960. The van der Waals surface area contributed by atoms with E-state index < -0.39 is 0 Å². The van der Waals surface area contributed by atoms with Crippen LogP contribution in [0.4, 0.5) is 11.4 Å². The second kappa shape index (κ2) is 4.81. The first kappa shape index (κ1) is 13.5. The summed E-state index contributed by atoms with van der Waals surface area (Å²) in [5, 5.41) is 9.80. The molecule has 1 atom stereocenters. The van der Waals surface area contributed by atoms with E-state index in [4.69, 9.17) is 5.73 Å². The zero-order valence-electron chi connectivity index (χ0n) is 12.1. The molecule has 21 heavy (non-hydrogen) atoms. The highest BCUT2D eigenvalue weighted by Crippen LogP contribution is 2.35. The molecule has 0 fully saturated rings. The standard InChI is InChI=1S/C17H18N2O2/c1-10-3-4-12(9-16(10)20)17(21)19-11(2)7-13-8-14(18)5-6-15(13)19/h3-6,8-9,11,20H,7,18H2,1-2H3. The Morgan fingerprint density at radius 2 is 2.05 bits per heavy atom. The van der Waals surface area contributed by atoms with Gasteiger partial charge in [-0.15, -0.1) is 0 Å². The van der Waals surface area contributed by atoms with Crippen molar-refractivity contribution >= 4 is 17.3 Å². The summed E-state index contributed by atoms with van der Waals surface area (Å²) in [6.45, 7) is 3.82. The van der Waals surface area contributed by atoms with E-state index in [-0.39, 0.29) is 17.7 Å². The number of hydrogen-bond acceptors (Lipinski definition) is 3. The highest BCUT2D eigenvalue weighted by molar-refractivity contribution is 6.08. The van der Waals surface area contributed by atoms with E-state index in [1.54, 1.807) is 24.0 Å². The summed E-state index contributed by atoms with van der Waals surface area (Å²) in [6.07, 6.45) is 0.796. The highest BCUT2D eigenvalue weighted by atomic mass is 16.3. The van der Waals surface area contributed by atoms with Crippen molar-refractivity contribution in [3.8, 4) is 5.75 Å². The summed E-state index contributed by atoms with van der Waals surface area (Å²) in [4.78, 5) is 14.5. The van der Waals surface area contributed by atoms with Crippen molar-refractivity contribution in [3.63, 3.8) is 0 Å². The quantitative estimate of drug-likeness (QED) is 0.790. The SMILES string of the molecule is Cc1ccc(C(=O)N2c3ccc(N)cc3CC2C)cc1O. The number of fused-ring (bicyclic) bond motifs is 1. The monoisotopic (exact) mass is 282 g/mol. The maximum Gasteiger partial charge on any atom is 0.258 e. The maximum absolute atomic E-state index is 12.8. The number of benzene rings is 2. The van der Waals surface area contributed by atoms with Crippen LogP contribution in [0.5, 0.6) is 5.75 Å². The van der Waals surface area contributed by atoms with E-state index in [9.17, 15) is 9.90 Å². The molecule has 3 N–H and O–H groups in total. The van der Waals surface area contributed by atoms with Gasteiger partial charge in [-0.05, 0) is 61.7 Å². The number of aromatic hydroxyl groups is 1. The normalized spacial score (nSPS) is 16.9. The summed E-state index contributed by atoms with van der Waals surface area (Å²) in [6, 6.07) is 10.7. The fourth-order valence-electron chi connectivity index (χ4n) is 2.84. The summed E-state index contributed by atoms with van der Waals surface area (Å²) < 4.78 is 0. The average Bonchev–Trinajstić information content (AvgIpc) is 2.76. The summed E-state index contributed by atoms with van der Waals surface area (Å²) >= 11 is 0. The van der Waals surface area contributed by atoms with Gasteiger partial charge in [0.05, 0.1) is 0 Å². The minimum Gasteiger partial charge on any atom is -0.508 e. The average molecular weight is 282 g/mol. The number of nitrogens with two attached hydrogens (primary N) is 1. The van der Waals surface area contributed by atoms with Crippen molar-refractivity contribution in [2.75, 3.05) is 10.6 Å². The highest BCUT2D eigenvalue weighted by Gasteiger charge is 2.31. The number of nitrogens with zero attached hydrogens (tertiary/aromatic N) is 1. The Morgan fingerprint density at radius 3 is 2.76 bits per heavy atom. The van der Waals surface area contributed by atoms with E-state index in [1.165, 1.54) is 6.07 Å². The smallest absolute Gasteiger partial charge is 0.258 e. The molecule has 0 aromatic heterocycles. The first-order valence-corrected chi connectivity index (χ1v) is 6.99. The Balaban J connectivity index is 2.00. The molecule has 1 amide bonds. The van der Waals surface area contributed by atoms with E-state index in [0.29, 0.717) is 11.3 Å². The van der Waals surface area contributed by atoms with E-state index >= 15 is 0 Å². The topological polar surface area (TPSA) is 66.6 Å². The molecule has 0 spiro atoms. The van der Waals surface area contributed by atoms with Crippen LogP contribution in [0.15, 0.2) is 36.4 Å². The lowest BCUT2D eigenvalue weighted by Crippen LogP contribution is -2.35. The van der Waals surface area contributed by atoms with E-state index in [1.807, 2.05) is 25.1 Å². The van der Waals surface area contributed by atoms with Crippen molar-refractivity contribution in [3.05, 3.63) is 53.1 Å². The fourth-order valence-corrected chi connectivity index (χ4v) is 2.84. The molecular weight excluding hydrogens is 264 g/mol. The van der Waals surface area contributed by atoms with Crippen molar-refractivity contribution in [2.45, 2.75) is 26.3 Å². The third kappa shape index (κ3) is 2.23. The summed E-state index contributed by atoms with van der Waals surface area (Å²) in [5.41, 5.74) is 9.77. The largest absolute Gasteiger partial charge is 0.508 e. The predicted molar refractivity (Wildman–Crippen MR) is 83.7 cm³/mol. The van der Waals surface area contributed by atoms with Crippen LogP contribution in [-0.4, -0.2) is 17.1 Å². The van der Waals surface area contributed by atoms with Gasteiger partial charge < -0.3 is 15.7 Å². The Labute approximate surface area is 123 Å². The predicted octanol–water partition coefficient (Wildman–Crippen LogP) is 2.87. The van der Waals surface area contributed by atoms with Gasteiger partial charge in [-0.3, -0.25) is 4.79 Å². The number of nitrogen functional groups attached to an aromatic ring is 1. The van der Waals surface area contributed by atoms with Gasteiger partial charge in [0.15, 0.2) is 0 Å². The summed E-state index contributed by atoms with van der Waals surface area (Å²) in [5.74, 6) is 0.0477. The number of carbonyl (C=O) groups excluding carboxylic acids is 1. The number of phenolic OH excluding ortho intramolecular Hbond substituents is 1. The molecule has 2 aromatic rings. The second-order valence-electron chi connectivity index (χ2n) is 5.62. The third-order valence-electron chi connectivity index (χ3n) is 3.99. The Hall–Kier alpha value is -2.49. The van der Waals surface area contributed by atoms with Crippen LogP contribution in [-0.2, 0) is 6.42 Å². The van der Waals surface area contributed by atoms with Crippen molar-refractivity contribution in [1.29, 1.82) is 0 Å². The zero-order chi connectivity index (χ0) is 15.1. The number of amides is 1. The summed E-state index contributed by atoms with van der Waals surface area (Å²) in [7, 11) is 0. The van der Waals surface area contributed by atoms with Gasteiger partial charge in [0.25, 0.3) is 5.91 Å². The number of phenols is 1. The molecule has 1 unspecified atom stereocenters. The lowest BCUT2D eigenvalue weighted by molar-refractivity contribution is 0.0981. The molecule has 3 rings (SSSR count). The van der Waals surface area contributed by atoms with Crippen molar-refractivity contribution in [1.82, 2.24) is 0 Å². The molecule has 1 aliphatic rings. The first-order valence-electron chi connectivity index (χ1n) is 6.99. The molecular formula is C17H18N2O2. The number of rotatable bonds is 1. The van der Waals surface area contributed by atoms with Crippen LogP contribution in [0.3, 0.4) is 0 Å². The molecule has 4 heteroatoms. The van der Waals surface area contributed by atoms with Crippen molar-refractivity contribution in [2.24, 2.45) is 0 Å². The van der Waals surface area contributed by atoms with Gasteiger partial charge in [-0.1, -0.05) is 6.07 Å². The molecule has 0 bridgehead atoms. The lowest BCUT2D eigenvalue weighted by atomic mass is 10.1. The van der Waals surface area contributed by atoms with E-state index in [2.05, 4.69) is 0 Å². The Morgan fingerprint density at radius 1 is 1.29 bits per heavy atom. The molecule has 2 aromatic carbocycles. The zero-order valence-corrected chi connectivity index (χ0v) is 12.1. The van der Waals surface area contributed by atoms with Crippen LogP contribution in [0.1, 0.15) is 28.4 Å². The van der Waals surface area contributed by atoms with Crippen LogP contribution in [0, 0.1) is 6.92 Å². The number of anilines is 2. The van der Waals surface area contributed by atoms with Gasteiger partial charge in [0, 0.05) is 23.0 Å². The molecule has 0 aliphatic carbocycles. The lowest BCUT2D eigenvalue weighted by Gasteiger charge is -2.23. The Kier molecular flexibility index (Phi) is 3.09. The molecule has 0 saturated carbocycles. The van der Waals surface area contributed by atoms with Gasteiger partial charge in [-0.25, -0.2) is 0 Å². The first-order chi connectivity index (χ1) is 9.97. The van der Waals surface area contributed by atoms with Gasteiger partial charge in [0.1, 0.15) is 5.75 Å². The Bertz CT molecular complexity index is 725. The molecule has 1 heterocycles.